The molecule has 8 nitrogen and oxygen atoms in total. The number of halogens is 3. The molecule has 3 aromatic rings. The summed E-state index contributed by atoms with van der Waals surface area (Å²) in [4.78, 5) is 16.7. The van der Waals surface area contributed by atoms with Gasteiger partial charge in [0, 0.05) is 43.1 Å². The van der Waals surface area contributed by atoms with Crippen LogP contribution in [0.1, 0.15) is 23.1 Å². The van der Waals surface area contributed by atoms with Crippen LogP contribution in [0.2, 0.25) is 0 Å². The molecular weight excluding hydrogens is 473 g/mol. The Labute approximate surface area is 204 Å². The van der Waals surface area contributed by atoms with E-state index in [1.165, 1.54) is 19.1 Å². The van der Waals surface area contributed by atoms with Crippen molar-refractivity contribution in [3.8, 4) is 11.8 Å². The average molecular weight is 494 g/mol. The zero-order chi connectivity index (χ0) is 25.9. The number of nitrogens with zero attached hydrogens (tertiary/aromatic N) is 4. The molecule has 0 aliphatic carbocycles. The molecule has 11 heteroatoms. The molecule has 0 unspecified atom stereocenters. The number of benzene rings is 2. The highest BCUT2D eigenvalue weighted by molar-refractivity contribution is 6.15. The van der Waals surface area contributed by atoms with E-state index in [-0.39, 0.29) is 11.3 Å². The topological polar surface area (TPSA) is 104 Å². The Hall–Kier alpha value is -4.59. The number of carbonyl (C=O) groups is 1. The quantitative estimate of drug-likeness (QED) is 0.493. The molecule has 1 aromatic heterocycles. The van der Waals surface area contributed by atoms with Crippen LogP contribution in [-0.2, 0) is 13.2 Å². The number of nitrogens with one attached hydrogen (secondary N) is 2. The first kappa shape index (κ1) is 24.5. The first-order valence-electron chi connectivity index (χ1n) is 10.8. The highest BCUT2D eigenvalue weighted by atomic mass is 19.4. The number of nitriles is 1. The Balaban J connectivity index is 1.43. The monoisotopic (exact) mass is 494 g/mol. The SMILES string of the molecule is Cc1ccc(NC(=O)Nc2ccc(OC3=C(C#N)C(c4cnn(C)c4)=NCC3)cc2)cc1C(F)(F)F. The number of aliphatic imine (C=N–C) groups is 1. The van der Waals surface area contributed by atoms with E-state index in [9.17, 15) is 23.2 Å². The van der Waals surface area contributed by atoms with E-state index in [1.807, 2.05) is 0 Å². The minimum atomic E-state index is -4.52. The van der Waals surface area contributed by atoms with Gasteiger partial charge >= 0.3 is 12.2 Å². The molecule has 2 N–H and O–H groups in total. The molecule has 2 heterocycles. The van der Waals surface area contributed by atoms with Crippen LogP contribution >= 0.6 is 0 Å². The summed E-state index contributed by atoms with van der Waals surface area (Å²) >= 11 is 0. The van der Waals surface area contributed by atoms with E-state index in [1.54, 1.807) is 48.4 Å². The van der Waals surface area contributed by atoms with Crippen LogP contribution < -0.4 is 15.4 Å². The maximum atomic E-state index is 13.1. The van der Waals surface area contributed by atoms with Gasteiger partial charge in [-0.25, -0.2) is 4.79 Å². The maximum Gasteiger partial charge on any atom is 0.416 e. The number of aryl methyl sites for hydroxylation is 2. The minimum Gasteiger partial charge on any atom is -0.460 e. The molecular formula is C25H21F3N6O2. The molecule has 36 heavy (non-hydrogen) atoms. The number of hydrogen-bond acceptors (Lipinski definition) is 5. The van der Waals surface area contributed by atoms with Crippen LogP contribution in [0.15, 0.2) is 71.2 Å². The van der Waals surface area contributed by atoms with Crippen molar-refractivity contribution in [3.05, 3.63) is 82.9 Å². The van der Waals surface area contributed by atoms with Crippen LogP contribution in [0.3, 0.4) is 0 Å². The third kappa shape index (κ3) is 5.55. The van der Waals surface area contributed by atoms with Crippen molar-refractivity contribution in [1.82, 2.24) is 9.78 Å². The third-order valence-electron chi connectivity index (χ3n) is 5.37. The van der Waals surface area contributed by atoms with Crippen molar-refractivity contribution in [3.63, 3.8) is 0 Å². The third-order valence-corrected chi connectivity index (χ3v) is 5.37. The van der Waals surface area contributed by atoms with Gasteiger partial charge in [0.1, 0.15) is 23.2 Å². The summed E-state index contributed by atoms with van der Waals surface area (Å²) in [5, 5.41) is 18.8. The number of allylic oxidation sites excluding steroid dienone is 1. The molecule has 4 rings (SSSR count). The summed E-state index contributed by atoms with van der Waals surface area (Å²) < 4.78 is 46.9. The van der Waals surface area contributed by atoms with Crippen LogP contribution in [0, 0.1) is 18.3 Å². The van der Waals surface area contributed by atoms with E-state index in [0.29, 0.717) is 41.4 Å². The van der Waals surface area contributed by atoms with Gasteiger partial charge in [-0.2, -0.15) is 23.5 Å². The zero-order valence-corrected chi connectivity index (χ0v) is 19.3. The molecule has 1 aliphatic rings. The summed E-state index contributed by atoms with van der Waals surface area (Å²) in [6.45, 7) is 1.81. The number of dihydropyridines is 1. The van der Waals surface area contributed by atoms with E-state index in [2.05, 4.69) is 26.8 Å². The molecule has 0 spiro atoms. The first-order chi connectivity index (χ1) is 17.1. The highest BCUT2D eigenvalue weighted by Crippen LogP contribution is 2.33. The van der Waals surface area contributed by atoms with Crippen molar-refractivity contribution < 1.29 is 22.7 Å². The predicted octanol–water partition coefficient (Wildman–Crippen LogP) is 5.44. The molecule has 0 atom stereocenters. The van der Waals surface area contributed by atoms with Crippen molar-refractivity contribution in [2.45, 2.75) is 19.5 Å². The number of aromatic nitrogens is 2. The summed E-state index contributed by atoms with van der Waals surface area (Å²) in [5.41, 5.74) is 1.24. The van der Waals surface area contributed by atoms with Crippen molar-refractivity contribution in [2.24, 2.45) is 12.0 Å². The molecule has 0 bridgehead atoms. The van der Waals surface area contributed by atoms with Crippen molar-refractivity contribution in [2.75, 3.05) is 17.2 Å². The normalized spacial score (nSPS) is 13.6. The van der Waals surface area contributed by atoms with Crippen LogP contribution in [0.5, 0.6) is 5.75 Å². The largest absolute Gasteiger partial charge is 0.460 e. The van der Waals surface area contributed by atoms with Gasteiger partial charge in [-0.3, -0.25) is 9.67 Å². The van der Waals surface area contributed by atoms with Crippen LogP contribution in [0.25, 0.3) is 0 Å². The number of amides is 2. The average Bonchev–Trinajstić information content (AvgIpc) is 3.26. The smallest absolute Gasteiger partial charge is 0.416 e. The van der Waals surface area contributed by atoms with Gasteiger partial charge in [-0.1, -0.05) is 6.07 Å². The molecule has 2 aromatic carbocycles. The minimum absolute atomic E-state index is 0.0183. The molecule has 2 amide bonds. The second-order valence-electron chi connectivity index (χ2n) is 8.03. The summed E-state index contributed by atoms with van der Waals surface area (Å²) in [6, 6.07) is 11.4. The van der Waals surface area contributed by atoms with Crippen molar-refractivity contribution >= 4 is 23.1 Å². The van der Waals surface area contributed by atoms with Crippen LogP contribution in [-0.4, -0.2) is 28.1 Å². The summed E-state index contributed by atoms with van der Waals surface area (Å²) in [7, 11) is 1.77. The fourth-order valence-electron chi connectivity index (χ4n) is 3.65. The Morgan fingerprint density at radius 1 is 1.14 bits per heavy atom. The standard InChI is InChI=1S/C25H21F3N6O2/c1-15-3-4-18(11-21(15)25(26,27)28)33-24(35)32-17-5-7-19(8-6-17)36-22-9-10-30-23(20(22)12-29)16-13-31-34(2)14-16/h3-8,11,13-14H,9-10H2,1-2H3,(H2,32,33,35). The number of ether oxygens (including phenoxy) is 1. The van der Waals surface area contributed by atoms with Gasteiger partial charge in [-0.05, 0) is 48.9 Å². The highest BCUT2D eigenvalue weighted by Gasteiger charge is 2.32. The van der Waals surface area contributed by atoms with Gasteiger partial charge < -0.3 is 15.4 Å². The number of carbonyl (C=O) groups excluding carboxylic acids is 1. The zero-order valence-electron chi connectivity index (χ0n) is 19.3. The molecule has 184 valence electrons. The van der Waals surface area contributed by atoms with Gasteiger partial charge in [-0.15, -0.1) is 0 Å². The van der Waals surface area contributed by atoms with Gasteiger partial charge in [0.2, 0.25) is 0 Å². The number of alkyl halides is 3. The second kappa shape index (κ2) is 9.95. The van der Waals surface area contributed by atoms with E-state index in [4.69, 9.17) is 4.74 Å². The van der Waals surface area contributed by atoms with Gasteiger partial charge in [0.25, 0.3) is 0 Å². The number of hydrogen-bond donors (Lipinski definition) is 2. The lowest BCUT2D eigenvalue weighted by Gasteiger charge is -2.17. The predicted molar refractivity (Wildman–Crippen MR) is 128 cm³/mol. The van der Waals surface area contributed by atoms with Gasteiger partial charge in [0.05, 0.1) is 17.5 Å². The number of rotatable bonds is 5. The van der Waals surface area contributed by atoms with Crippen LogP contribution in [0.4, 0.5) is 29.3 Å². The summed E-state index contributed by atoms with van der Waals surface area (Å²) in [5.74, 6) is 0.925. The van der Waals surface area contributed by atoms with E-state index in [0.717, 1.165) is 11.6 Å². The van der Waals surface area contributed by atoms with E-state index >= 15 is 0 Å². The Morgan fingerprint density at radius 3 is 2.47 bits per heavy atom. The Bertz CT molecular complexity index is 1400. The van der Waals surface area contributed by atoms with E-state index < -0.39 is 17.8 Å². The first-order valence-corrected chi connectivity index (χ1v) is 10.8. The number of urea groups is 1. The molecule has 0 saturated heterocycles. The number of anilines is 2. The maximum absolute atomic E-state index is 13.1. The van der Waals surface area contributed by atoms with Gasteiger partial charge in [0.15, 0.2) is 0 Å². The second-order valence-corrected chi connectivity index (χ2v) is 8.03. The molecule has 0 saturated carbocycles. The lowest BCUT2D eigenvalue weighted by molar-refractivity contribution is -0.138. The Kier molecular flexibility index (Phi) is 6.78. The molecule has 1 aliphatic heterocycles. The molecule has 0 radical (unpaired) electrons. The fourth-order valence-corrected chi connectivity index (χ4v) is 3.65. The summed E-state index contributed by atoms with van der Waals surface area (Å²) in [6.07, 6.45) is -0.667. The Morgan fingerprint density at radius 2 is 1.83 bits per heavy atom. The van der Waals surface area contributed by atoms with Crippen molar-refractivity contribution in [1.29, 1.82) is 5.26 Å². The fraction of sp³-hybridized carbons (Fsp3) is 0.200. The molecule has 0 fully saturated rings. The lowest BCUT2D eigenvalue weighted by atomic mass is 10.0. The lowest BCUT2D eigenvalue weighted by Crippen LogP contribution is -2.20.